The summed E-state index contributed by atoms with van der Waals surface area (Å²) in [6, 6.07) is 18.9. The van der Waals surface area contributed by atoms with Gasteiger partial charge >= 0.3 is 0 Å². The highest BCUT2D eigenvalue weighted by Crippen LogP contribution is 2.29. The van der Waals surface area contributed by atoms with Gasteiger partial charge in [0.1, 0.15) is 17.5 Å². The summed E-state index contributed by atoms with van der Waals surface area (Å²) in [7, 11) is 1.58. The van der Waals surface area contributed by atoms with Crippen LogP contribution in [0.25, 0.3) is 22.3 Å². The lowest BCUT2D eigenvalue weighted by Crippen LogP contribution is -2.34. The number of para-hydroxylation sites is 2. The van der Waals surface area contributed by atoms with Crippen LogP contribution in [0.15, 0.2) is 71.5 Å². The fourth-order valence-electron chi connectivity index (χ4n) is 4.23. The molecule has 1 heterocycles. The second-order valence-corrected chi connectivity index (χ2v) is 8.72. The Hall–Kier alpha value is -4.46. The molecule has 1 aromatic heterocycles. The van der Waals surface area contributed by atoms with Crippen LogP contribution < -0.4 is 20.9 Å². The summed E-state index contributed by atoms with van der Waals surface area (Å²) in [6.07, 6.45) is 0.675. The van der Waals surface area contributed by atoms with E-state index in [-0.39, 0.29) is 17.5 Å². The molecule has 1 atom stereocenters. The molecule has 0 radical (unpaired) electrons. The van der Waals surface area contributed by atoms with E-state index < -0.39 is 11.6 Å². The van der Waals surface area contributed by atoms with E-state index >= 15 is 0 Å². The third-order valence-electron chi connectivity index (χ3n) is 6.18. The van der Waals surface area contributed by atoms with Crippen LogP contribution in [0.4, 0.5) is 11.4 Å². The Bertz CT molecular complexity index is 1510. The van der Waals surface area contributed by atoms with E-state index in [0.29, 0.717) is 46.6 Å². The van der Waals surface area contributed by atoms with Gasteiger partial charge in [0.25, 0.3) is 5.56 Å². The van der Waals surface area contributed by atoms with Gasteiger partial charge in [-0.15, -0.1) is 0 Å². The molecule has 4 aromatic rings. The van der Waals surface area contributed by atoms with Crippen LogP contribution in [0.3, 0.4) is 0 Å². The number of carbonyl (C=O) groups is 2. The predicted molar refractivity (Wildman–Crippen MR) is 146 cm³/mol. The smallest absolute Gasteiger partial charge is 0.278 e. The molecule has 2 amide bonds. The minimum Gasteiger partial charge on any atom is -0.497 e. The van der Waals surface area contributed by atoms with E-state index in [1.165, 1.54) is 4.57 Å². The van der Waals surface area contributed by atoms with E-state index in [4.69, 9.17) is 4.74 Å². The molecule has 0 saturated heterocycles. The number of nitrogens with zero attached hydrogens (tertiary/aromatic N) is 2. The van der Waals surface area contributed by atoms with E-state index in [2.05, 4.69) is 15.6 Å². The Morgan fingerprint density at radius 3 is 2.41 bits per heavy atom. The Morgan fingerprint density at radius 2 is 1.73 bits per heavy atom. The third kappa shape index (κ3) is 5.38. The van der Waals surface area contributed by atoms with Crippen LogP contribution in [0, 0.1) is 6.92 Å². The number of aryl methyl sites for hydroxylation is 1. The highest BCUT2D eigenvalue weighted by atomic mass is 16.5. The average molecular weight is 499 g/mol. The molecule has 0 unspecified atom stereocenters. The normalized spacial score (nSPS) is 11.7. The van der Waals surface area contributed by atoms with Crippen molar-refractivity contribution in [3.05, 3.63) is 82.6 Å². The van der Waals surface area contributed by atoms with Crippen molar-refractivity contribution in [1.29, 1.82) is 0 Å². The topological polar surface area (TPSA) is 102 Å². The number of hydrogen-bond acceptors (Lipinski definition) is 5. The fraction of sp³-hybridized carbons (Fsp3) is 0.241. The molecule has 0 saturated carbocycles. The summed E-state index contributed by atoms with van der Waals surface area (Å²) >= 11 is 0. The van der Waals surface area contributed by atoms with Gasteiger partial charge in [-0.3, -0.25) is 19.0 Å². The van der Waals surface area contributed by atoms with E-state index in [1.54, 1.807) is 50.4 Å². The Balaban J connectivity index is 1.86. The van der Waals surface area contributed by atoms with E-state index in [0.717, 1.165) is 5.56 Å². The quantitative estimate of drug-likeness (QED) is 0.342. The van der Waals surface area contributed by atoms with Crippen LogP contribution in [-0.2, 0) is 9.59 Å². The number of fused-ring (bicyclic) bond motifs is 1. The number of methoxy groups -OCH3 is 1. The zero-order valence-corrected chi connectivity index (χ0v) is 21.4. The van der Waals surface area contributed by atoms with Crippen molar-refractivity contribution < 1.29 is 14.3 Å². The summed E-state index contributed by atoms with van der Waals surface area (Å²) < 4.78 is 6.69. The van der Waals surface area contributed by atoms with Gasteiger partial charge in [0.2, 0.25) is 11.8 Å². The van der Waals surface area contributed by atoms with Gasteiger partial charge in [-0.2, -0.15) is 0 Å². The number of carbonyl (C=O) groups excluding carboxylic acids is 2. The fourth-order valence-corrected chi connectivity index (χ4v) is 4.23. The number of nitrogens with one attached hydrogen (secondary N) is 2. The minimum atomic E-state index is -0.792. The number of benzene rings is 3. The Morgan fingerprint density at radius 1 is 1.00 bits per heavy atom. The van der Waals surface area contributed by atoms with Crippen LogP contribution >= 0.6 is 0 Å². The summed E-state index contributed by atoms with van der Waals surface area (Å²) in [5.41, 5.74) is 3.41. The predicted octanol–water partition coefficient (Wildman–Crippen LogP) is 5.32. The van der Waals surface area contributed by atoms with Crippen LogP contribution in [0.1, 0.15) is 38.3 Å². The van der Waals surface area contributed by atoms with Crippen molar-refractivity contribution in [3.8, 4) is 17.0 Å². The molecule has 0 aliphatic rings. The number of rotatable bonds is 8. The molecule has 0 aliphatic carbocycles. The maximum atomic E-state index is 14.0. The van der Waals surface area contributed by atoms with Crippen molar-refractivity contribution in [3.63, 3.8) is 0 Å². The molecule has 0 bridgehead atoms. The van der Waals surface area contributed by atoms with Crippen molar-refractivity contribution in [2.45, 2.75) is 39.7 Å². The lowest BCUT2D eigenvalue weighted by molar-refractivity contribution is -0.119. The summed E-state index contributed by atoms with van der Waals surface area (Å²) in [6.45, 7) is 5.53. The van der Waals surface area contributed by atoms with Gasteiger partial charge in [-0.1, -0.05) is 37.6 Å². The Labute approximate surface area is 215 Å². The molecule has 8 nitrogen and oxygen atoms in total. The van der Waals surface area contributed by atoms with Gasteiger partial charge < -0.3 is 15.4 Å². The molecule has 2 N–H and O–H groups in total. The third-order valence-corrected chi connectivity index (χ3v) is 6.18. The standard InChI is InChI=1S/C29H30N4O4/c1-5-24(28(35)30-19-12-14-20(37-4)15-13-19)33-25-10-8-7-9-23(25)32-27(29(33)36)21-17-18(3)11-16-22(21)31-26(34)6-2/h7-17,24H,5-6H2,1-4H3,(H,30,35)(H,31,34)/t24-/m1/s1. The highest BCUT2D eigenvalue weighted by molar-refractivity contribution is 5.97. The summed E-state index contributed by atoms with van der Waals surface area (Å²) in [4.78, 5) is 44.4. The van der Waals surface area contributed by atoms with Crippen LogP contribution in [-0.4, -0.2) is 28.5 Å². The molecule has 4 rings (SSSR count). The number of anilines is 2. The number of aromatic nitrogens is 2. The van der Waals surface area contributed by atoms with Gasteiger partial charge in [0.15, 0.2) is 0 Å². The molecule has 0 aliphatic heterocycles. The van der Waals surface area contributed by atoms with E-state index in [9.17, 15) is 14.4 Å². The first-order valence-electron chi connectivity index (χ1n) is 12.2. The first-order chi connectivity index (χ1) is 17.9. The van der Waals surface area contributed by atoms with Crippen molar-refractivity contribution in [2.24, 2.45) is 0 Å². The average Bonchev–Trinajstić information content (AvgIpc) is 2.91. The molecule has 0 fully saturated rings. The number of ether oxygens (including phenoxy) is 1. The first kappa shape index (κ1) is 25.6. The largest absolute Gasteiger partial charge is 0.497 e. The summed E-state index contributed by atoms with van der Waals surface area (Å²) in [5, 5.41) is 5.79. The Kier molecular flexibility index (Phi) is 7.67. The van der Waals surface area contributed by atoms with Crippen molar-refractivity contribution in [1.82, 2.24) is 9.55 Å². The monoisotopic (exact) mass is 498 g/mol. The summed E-state index contributed by atoms with van der Waals surface area (Å²) in [5.74, 6) is 0.187. The second kappa shape index (κ2) is 11.1. The molecule has 8 heteroatoms. The molecular weight excluding hydrogens is 468 g/mol. The van der Waals surface area contributed by atoms with Crippen LogP contribution in [0.2, 0.25) is 0 Å². The minimum absolute atomic E-state index is 0.170. The van der Waals surface area contributed by atoms with Crippen LogP contribution in [0.5, 0.6) is 5.75 Å². The van der Waals surface area contributed by atoms with Gasteiger partial charge in [0.05, 0.1) is 23.8 Å². The van der Waals surface area contributed by atoms with Gasteiger partial charge in [-0.05, 0) is 61.9 Å². The van der Waals surface area contributed by atoms with Crippen molar-refractivity contribution >= 4 is 34.2 Å². The highest BCUT2D eigenvalue weighted by Gasteiger charge is 2.25. The lowest BCUT2D eigenvalue weighted by Gasteiger charge is -2.21. The van der Waals surface area contributed by atoms with Gasteiger partial charge in [0, 0.05) is 17.7 Å². The molecular formula is C29H30N4O4. The number of hydrogen-bond donors (Lipinski definition) is 2. The second-order valence-electron chi connectivity index (χ2n) is 8.72. The first-order valence-corrected chi connectivity index (χ1v) is 12.2. The maximum Gasteiger partial charge on any atom is 0.278 e. The molecule has 190 valence electrons. The zero-order chi connectivity index (χ0) is 26.5. The lowest BCUT2D eigenvalue weighted by atomic mass is 10.0. The van der Waals surface area contributed by atoms with Gasteiger partial charge in [-0.25, -0.2) is 4.98 Å². The maximum absolute atomic E-state index is 14.0. The van der Waals surface area contributed by atoms with Crippen molar-refractivity contribution in [2.75, 3.05) is 17.7 Å². The molecule has 3 aromatic carbocycles. The number of amides is 2. The zero-order valence-electron chi connectivity index (χ0n) is 21.4. The molecule has 37 heavy (non-hydrogen) atoms. The van der Waals surface area contributed by atoms with E-state index in [1.807, 2.05) is 44.2 Å². The molecule has 0 spiro atoms. The SMILES string of the molecule is CCC(=O)Nc1ccc(C)cc1-c1nc2ccccc2n([C@H](CC)C(=O)Nc2ccc(OC)cc2)c1=O.